The third-order valence-corrected chi connectivity index (χ3v) is 3.82. The lowest BCUT2D eigenvalue weighted by atomic mass is 10.1. The van der Waals surface area contributed by atoms with E-state index in [-0.39, 0.29) is 12.4 Å². The zero-order chi connectivity index (χ0) is 12.8. The largest absolute Gasteiger partial charge is 1.00 e. The van der Waals surface area contributed by atoms with Gasteiger partial charge in [-0.15, -0.1) is 0 Å². The van der Waals surface area contributed by atoms with Gasteiger partial charge in [0.25, 0.3) is 0 Å². The van der Waals surface area contributed by atoms with Gasteiger partial charge in [-0.3, -0.25) is 0 Å². The van der Waals surface area contributed by atoms with Crippen molar-refractivity contribution in [1.82, 2.24) is 9.80 Å². The van der Waals surface area contributed by atoms with E-state index in [4.69, 9.17) is 0 Å². The number of piperidine rings is 2. The van der Waals surface area contributed by atoms with Crippen molar-refractivity contribution in [3.63, 3.8) is 0 Å². The van der Waals surface area contributed by atoms with Crippen LogP contribution < -0.4 is 12.4 Å². The Balaban J connectivity index is 0.00000180. The fraction of sp³-hybridized carbons (Fsp3) is 0.800. The molecule has 2 fully saturated rings. The molecule has 2 heterocycles. The van der Waals surface area contributed by atoms with Gasteiger partial charge >= 0.3 is 0 Å². The number of hydrogen-bond acceptors (Lipinski definition) is 2. The van der Waals surface area contributed by atoms with E-state index >= 15 is 0 Å². The van der Waals surface area contributed by atoms with Crippen LogP contribution in [-0.2, 0) is 0 Å². The molecule has 2 rings (SSSR count). The monoisotopic (exact) mass is 285 g/mol. The highest BCUT2D eigenvalue weighted by Gasteiger charge is 2.16. The minimum absolute atomic E-state index is 0. The van der Waals surface area contributed by atoms with Crippen LogP contribution in [0.25, 0.3) is 0 Å². The second-order valence-corrected chi connectivity index (χ2v) is 5.79. The first-order valence-corrected chi connectivity index (χ1v) is 7.48. The van der Waals surface area contributed by atoms with E-state index < -0.39 is 0 Å². The van der Waals surface area contributed by atoms with Gasteiger partial charge in [0.1, 0.15) is 19.8 Å². The smallest absolute Gasteiger partial charge is 0.188 e. The minimum atomic E-state index is 0. The number of halogens is 1. The van der Waals surface area contributed by atoms with Crippen molar-refractivity contribution >= 4 is 6.21 Å². The first-order valence-electron chi connectivity index (χ1n) is 7.48. The van der Waals surface area contributed by atoms with Crippen LogP contribution in [0.5, 0.6) is 0 Å². The molecule has 0 bridgehead atoms. The fourth-order valence-corrected chi connectivity index (χ4v) is 2.85. The molecular weight excluding hydrogens is 258 g/mol. The molecular formula is C15H28ClN3. The van der Waals surface area contributed by atoms with Gasteiger partial charge in [-0.2, -0.15) is 0 Å². The molecule has 0 aliphatic carbocycles. The quantitative estimate of drug-likeness (QED) is 0.494. The van der Waals surface area contributed by atoms with Crippen molar-refractivity contribution in [2.45, 2.75) is 38.5 Å². The van der Waals surface area contributed by atoms with Crippen LogP contribution in [0.1, 0.15) is 38.5 Å². The standard InChI is InChI=1S/C15H28N3.ClH/c1-16(2)13-15(18-11-7-4-8-12-18)14-17-9-5-3-6-10-17;/h13-14H,3-12H2,1-2H3;1H/q+1;/p-1. The van der Waals surface area contributed by atoms with Gasteiger partial charge in [0.15, 0.2) is 6.21 Å². The second kappa shape index (κ2) is 8.47. The van der Waals surface area contributed by atoms with E-state index in [9.17, 15) is 0 Å². The Morgan fingerprint density at radius 1 is 0.842 bits per heavy atom. The fourth-order valence-electron chi connectivity index (χ4n) is 2.85. The van der Waals surface area contributed by atoms with Crippen LogP contribution >= 0.6 is 0 Å². The van der Waals surface area contributed by atoms with Gasteiger partial charge in [-0.1, -0.05) is 0 Å². The molecule has 19 heavy (non-hydrogen) atoms. The normalized spacial score (nSPS) is 20.8. The summed E-state index contributed by atoms with van der Waals surface area (Å²) in [5.41, 5.74) is 1.40. The summed E-state index contributed by atoms with van der Waals surface area (Å²) in [7, 11) is 4.24. The Morgan fingerprint density at radius 2 is 1.37 bits per heavy atom. The molecule has 0 spiro atoms. The Morgan fingerprint density at radius 3 is 1.89 bits per heavy atom. The molecule has 0 saturated carbocycles. The Kier molecular flexibility index (Phi) is 7.29. The van der Waals surface area contributed by atoms with Gasteiger partial charge in [-0.25, -0.2) is 4.58 Å². The van der Waals surface area contributed by atoms with Crippen molar-refractivity contribution < 1.29 is 17.0 Å². The molecule has 2 saturated heterocycles. The van der Waals surface area contributed by atoms with Crippen LogP contribution in [-0.4, -0.2) is 60.9 Å². The molecule has 0 atom stereocenters. The third kappa shape index (κ3) is 5.43. The van der Waals surface area contributed by atoms with Crippen molar-refractivity contribution in [3.05, 3.63) is 11.9 Å². The summed E-state index contributed by atoms with van der Waals surface area (Å²) in [6, 6.07) is 0. The van der Waals surface area contributed by atoms with Crippen LogP contribution in [0.3, 0.4) is 0 Å². The zero-order valence-corrected chi connectivity index (χ0v) is 13.2. The maximum atomic E-state index is 2.55. The maximum absolute atomic E-state index is 2.55. The summed E-state index contributed by atoms with van der Waals surface area (Å²) in [5, 5.41) is 0. The molecule has 2 aliphatic heterocycles. The second-order valence-electron chi connectivity index (χ2n) is 5.79. The lowest BCUT2D eigenvalue weighted by Crippen LogP contribution is -3.00. The third-order valence-electron chi connectivity index (χ3n) is 3.82. The Bertz CT molecular complexity index is 309. The van der Waals surface area contributed by atoms with Crippen LogP contribution in [0.2, 0.25) is 0 Å². The molecule has 2 aliphatic rings. The van der Waals surface area contributed by atoms with Crippen LogP contribution in [0, 0.1) is 0 Å². The van der Waals surface area contributed by atoms with Gasteiger partial charge in [-0.05, 0) is 38.5 Å². The molecule has 4 heteroatoms. The molecule has 0 aromatic carbocycles. The minimum Gasteiger partial charge on any atom is -1.00 e. The summed E-state index contributed by atoms with van der Waals surface area (Å²) in [6.45, 7) is 4.92. The first-order chi connectivity index (χ1) is 8.75. The number of likely N-dealkylation sites (tertiary alicyclic amines) is 2. The lowest BCUT2D eigenvalue weighted by Gasteiger charge is -2.31. The van der Waals surface area contributed by atoms with E-state index in [0.29, 0.717) is 0 Å². The first kappa shape index (κ1) is 16.4. The van der Waals surface area contributed by atoms with E-state index in [1.165, 1.54) is 70.4 Å². The Labute approximate surface area is 124 Å². The van der Waals surface area contributed by atoms with Gasteiger partial charge in [0, 0.05) is 32.4 Å². The predicted octanol–water partition coefficient (Wildman–Crippen LogP) is -0.853. The van der Waals surface area contributed by atoms with Crippen molar-refractivity contribution in [2.24, 2.45) is 0 Å². The summed E-state index contributed by atoms with van der Waals surface area (Å²) in [6.07, 6.45) is 12.9. The predicted molar refractivity (Wildman–Crippen MR) is 77.1 cm³/mol. The summed E-state index contributed by atoms with van der Waals surface area (Å²) in [5.74, 6) is 0. The van der Waals surface area contributed by atoms with E-state index in [1.54, 1.807) is 0 Å². The average Bonchev–Trinajstić information content (AvgIpc) is 2.40. The summed E-state index contributed by atoms with van der Waals surface area (Å²) >= 11 is 0. The maximum Gasteiger partial charge on any atom is 0.188 e. The highest BCUT2D eigenvalue weighted by molar-refractivity contribution is 5.73. The molecule has 0 aromatic rings. The number of nitrogens with zero attached hydrogens (tertiary/aromatic N) is 3. The number of hydrogen-bond donors (Lipinski definition) is 0. The number of rotatable bonds is 3. The SMILES string of the molecule is C[N+](C)=C/C(=C/N1CCCCC1)N1CCCCC1.[Cl-]. The molecule has 3 nitrogen and oxygen atoms in total. The molecule has 0 aromatic heterocycles. The van der Waals surface area contributed by atoms with Crippen molar-refractivity contribution in [2.75, 3.05) is 40.3 Å². The van der Waals surface area contributed by atoms with Gasteiger partial charge < -0.3 is 22.2 Å². The van der Waals surface area contributed by atoms with Crippen LogP contribution in [0.15, 0.2) is 11.9 Å². The lowest BCUT2D eigenvalue weighted by molar-refractivity contribution is -0.459. The molecule has 0 radical (unpaired) electrons. The summed E-state index contributed by atoms with van der Waals surface area (Å²) < 4.78 is 2.17. The average molecular weight is 286 g/mol. The van der Waals surface area contributed by atoms with Gasteiger partial charge in [0.2, 0.25) is 0 Å². The highest BCUT2D eigenvalue weighted by Crippen LogP contribution is 2.16. The Hall–Kier alpha value is -0.700. The highest BCUT2D eigenvalue weighted by atomic mass is 35.5. The van der Waals surface area contributed by atoms with E-state index in [2.05, 4.69) is 40.9 Å². The van der Waals surface area contributed by atoms with Crippen LogP contribution in [0.4, 0.5) is 0 Å². The zero-order valence-electron chi connectivity index (χ0n) is 12.4. The molecule has 0 unspecified atom stereocenters. The van der Waals surface area contributed by atoms with E-state index in [0.717, 1.165) is 0 Å². The molecule has 0 amide bonds. The summed E-state index contributed by atoms with van der Waals surface area (Å²) in [4.78, 5) is 5.06. The molecule has 110 valence electrons. The van der Waals surface area contributed by atoms with E-state index in [1.807, 2.05) is 0 Å². The van der Waals surface area contributed by atoms with Gasteiger partial charge in [0.05, 0.1) is 0 Å². The topological polar surface area (TPSA) is 9.49 Å². The van der Waals surface area contributed by atoms with Crippen molar-refractivity contribution in [3.8, 4) is 0 Å². The number of allylic oxidation sites excluding steroid dienone is 1. The van der Waals surface area contributed by atoms with Crippen molar-refractivity contribution in [1.29, 1.82) is 0 Å². The molecule has 0 N–H and O–H groups in total.